The van der Waals surface area contributed by atoms with Gasteiger partial charge in [0.2, 0.25) is 11.8 Å². The predicted molar refractivity (Wildman–Crippen MR) is 103 cm³/mol. The molecule has 2 amide bonds. The van der Waals surface area contributed by atoms with E-state index >= 15 is 0 Å². The van der Waals surface area contributed by atoms with Crippen molar-refractivity contribution in [3.05, 3.63) is 53.1 Å². The Labute approximate surface area is 163 Å². The first-order valence-electron chi connectivity index (χ1n) is 8.55. The molecule has 0 saturated carbocycles. The van der Waals surface area contributed by atoms with Crippen LogP contribution in [0.15, 0.2) is 42.5 Å². The van der Waals surface area contributed by atoms with Gasteiger partial charge in [0, 0.05) is 30.6 Å². The summed E-state index contributed by atoms with van der Waals surface area (Å²) in [5.41, 5.74) is 1.49. The molecular formula is C20H21ClN2O4. The molecule has 6 nitrogen and oxygen atoms in total. The average molecular weight is 389 g/mol. The van der Waals surface area contributed by atoms with Crippen molar-refractivity contribution in [3.8, 4) is 11.5 Å². The van der Waals surface area contributed by atoms with E-state index in [9.17, 15) is 9.59 Å². The summed E-state index contributed by atoms with van der Waals surface area (Å²) in [6.07, 6.45) is 0.186. The van der Waals surface area contributed by atoms with Crippen LogP contribution < -0.4 is 14.8 Å². The number of amides is 2. The van der Waals surface area contributed by atoms with Crippen LogP contribution in [0.2, 0.25) is 5.02 Å². The van der Waals surface area contributed by atoms with Crippen LogP contribution in [0.3, 0.4) is 0 Å². The van der Waals surface area contributed by atoms with Crippen molar-refractivity contribution in [2.24, 2.45) is 5.92 Å². The number of nitrogens with one attached hydrogen (secondary N) is 1. The highest BCUT2D eigenvalue weighted by atomic mass is 35.5. The Kier molecular flexibility index (Phi) is 5.86. The van der Waals surface area contributed by atoms with E-state index in [0.717, 1.165) is 5.56 Å². The van der Waals surface area contributed by atoms with E-state index in [0.29, 0.717) is 35.3 Å². The number of halogens is 1. The lowest BCUT2D eigenvalue weighted by molar-refractivity contribution is -0.128. The molecule has 0 radical (unpaired) electrons. The number of carbonyl (C=O) groups excluding carboxylic acids is 2. The zero-order chi connectivity index (χ0) is 19.4. The van der Waals surface area contributed by atoms with Gasteiger partial charge in [0.25, 0.3) is 0 Å². The van der Waals surface area contributed by atoms with E-state index in [1.54, 1.807) is 42.3 Å². The fourth-order valence-electron chi connectivity index (χ4n) is 3.06. The van der Waals surface area contributed by atoms with Gasteiger partial charge in [0.05, 0.1) is 25.8 Å². The fourth-order valence-corrected chi connectivity index (χ4v) is 3.18. The highest BCUT2D eigenvalue weighted by molar-refractivity contribution is 6.30. The largest absolute Gasteiger partial charge is 0.497 e. The SMILES string of the molecule is COc1ccc(OC)c(NC(=O)C2CC(=O)N(Cc3ccc(Cl)cc3)C2)c1. The molecule has 1 fully saturated rings. The third-order valence-corrected chi connectivity index (χ3v) is 4.79. The van der Waals surface area contributed by atoms with Crippen LogP contribution in [0, 0.1) is 5.92 Å². The first kappa shape index (κ1) is 19.0. The summed E-state index contributed by atoms with van der Waals surface area (Å²) >= 11 is 5.89. The van der Waals surface area contributed by atoms with Crippen LogP contribution in [-0.2, 0) is 16.1 Å². The molecule has 2 aromatic carbocycles. The Balaban J connectivity index is 1.66. The van der Waals surface area contributed by atoms with Gasteiger partial charge in [-0.2, -0.15) is 0 Å². The molecule has 1 heterocycles. The highest BCUT2D eigenvalue weighted by Gasteiger charge is 2.34. The van der Waals surface area contributed by atoms with Gasteiger partial charge in [0.15, 0.2) is 0 Å². The smallest absolute Gasteiger partial charge is 0.229 e. The molecule has 3 rings (SSSR count). The minimum atomic E-state index is -0.416. The summed E-state index contributed by atoms with van der Waals surface area (Å²) < 4.78 is 10.5. The molecule has 0 spiro atoms. The Hall–Kier alpha value is -2.73. The third-order valence-electron chi connectivity index (χ3n) is 4.54. The summed E-state index contributed by atoms with van der Waals surface area (Å²) in [7, 11) is 3.09. The van der Waals surface area contributed by atoms with Crippen molar-refractivity contribution in [1.29, 1.82) is 0 Å². The second-order valence-electron chi connectivity index (χ2n) is 6.36. The molecule has 1 aliphatic heterocycles. The van der Waals surface area contributed by atoms with E-state index in [2.05, 4.69) is 5.32 Å². The van der Waals surface area contributed by atoms with E-state index in [1.165, 1.54) is 7.11 Å². The van der Waals surface area contributed by atoms with Crippen LogP contribution in [0.5, 0.6) is 11.5 Å². The summed E-state index contributed by atoms with van der Waals surface area (Å²) in [6, 6.07) is 12.5. The zero-order valence-corrected chi connectivity index (χ0v) is 16.0. The van der Waals surface area contributed by atoms with Crippen LogP contribution in [0.4, 0.5) is 5.69 Å². The van der Waals surface area contributed by atoms with E-state index < -0.39 is 5.92 Å². The number of ether oxygens (including phenoxy) is 2. The van der Waals surface area contributed by atoms with Gasteiger partial charge >= 0.3 is 0 Å². The lowest BCUT2D eigenvalue weighted by atomic mass is 10.1. The molecule has 142 valence electrons. The summed E-state index contributed by atoms with van der Waals surface area (Å²) in [5.74, 6) is 0.474. The number of likely N-dealkylation sites (tertiary alicyclic amines) is 1. The van der Waals surface area contributed by atoms with E-state index in [4.69, 9.17) is 21.1 Å². The van der Waals surface area contributed by atoms with Gasteiger partial charge in [-0.05, 0) is 29.8 Å². The molecule has 2 aromatic rings. The molecule has 1 N–H and O–H groups in total. The quantitative estimate of drug-likeness (QED) is 0.824. The number of benzene rings is 2. The zero-order valence-electron chi connectivity index (χ0n) is 15.2. The van der Waals surface area contributed by atoms with Crippen LogP contribution >= 0.6 is 11.6 Å². The summed E-state index contributed by atoms with van der Waals surface area (Å²) in [6.45, 7) is 0.835. The molecule has 1 atom stereocenters. The van der Waals surface area contributed by atoms with Crippen molar-refractivity contribution in [2.75, 3.05) is 26.1 Å². The average Bonchev–Trinajstić information content (AvgIpc) is 3.04. The molecule has 1 saturated heterocycles. The predicted octanol–water partition coefficient (Wildman–Crippen LogP) is 3.34. The second-order valence-corrected chi connectivity index (χ2v) is 6.79. The van der Waals surface area contributed by atoms with Crippen molar-refractivity contribution < 1.29 is 19.1 Å². The Morgan fingerprint density at radius 2 is 1.93 bits per heavy atom. The first-order valence-corrected chi connectivity index (χ1v) is 8.93. The lowest BCUT2D eigenvalue weighted by Crippen LogP contribution is -2.28. The molecule has 1 unspecified atom stereocenters. The highest BCUT2D eigenvalue weighted by Crippen LogP contribution is 2.30. The van der Waals surface area contributed by atoms with Crippen molar-refractivity contribution in [2.45, 2.75) is 13.0 Å². The Morgan fingerprint density at radius 1 is 1.19 bits per heavy atom. The van der Waals surface area contributed by atoms with Crippen LogP contribution in [-0.4, -0.2) is 37.5 Å². The van der Waals surface area contributed by atoms with Gasteiger partial charge in [-0.25, -0.2) is 0 Å². The number of rotatable bonds is 6. The van der Waals surface area contributed by atoms with E-state index in [1.807, 2.05) is 12.1 Å². The van der Waals surface area contributed by atoms with Gasteiger partial charge in [-0.3, -0.25) is 9.59 Å². The maximum absolute atomic E-state index is 12.7. The Bertz CT molecular complexity index is 838. The third kappa shape index (κ3) is 4.52. The summed E-state index contributed by atoms with van der Waals surface area (Å²) in [5, 5.41) is 3.50. The lowest BCUT2D eigenvalue weighted by Gasteiger charge is -2.17. The molecule has 0 aromatic heterocycles. The van der Waals surface area contributed by atoms with Gasteiger partial charge in [-0.1, -0.05) is 23.7 Å². The van der Waals surface area contributed by atoms with Crippen molar-refractivity contribution in [1.82, 2.24) is 4.90 Å². The second kappa shape index (κ2) is 8.31. The Morgan fingerprint density at radius 3 is 2.59 bits per heavy atom. The van der Waals surface area contributed by atoms with Crippen LogP contribution in [0.25, 0.3) is 0 Å². The number of carbonyl (C=O) groups is 2. The molecule has 7 heteroatoms. The maximum Gasteiger partial charge on any atom is 0.229 e. The molecule has 1 aliphatic rings. The van der Waals surface area contributed by atoms with Crippen LogP contribution in [0.1, 0.15) is 12.0 Å². The number of anilines is 1. The van der Waals surface area contributed by atoms with Crippen molar-refractivity contribution in [3.63, 3.8) is 0 Å². The molecule has 0 bridgehead atoms. The van der Waals surface area contributed by atoms with Gasteiger partial charge in [0.1, 0.15) is 11.5 Å². The standard InChI is InChI=1S/C20H21ClN2O4/c1-26-16-7-8-18(27-2)17(10-16)22-20(25)14-9-19(24)23(12-14)11-13-3-5-15(21)6-4-13/h3-8,10,14H,9,11-12H2,1-2H3,(H,22,25). The first-order chi connectivity index (χ1) is 13.0. The molecule has 27 heavy (non-hydrogen) atoms. The minimum absolute atomic E-state index is 0.0392. The topological polar surface area (TPSA) is 67.9 Å². The molecule has 0 aliphatic carbocycles. The number of methoxy groups -OCH3 is 2. The normalized spacial score (nSPS) is 16.3. The monoisotopic (exact) mass is 388 g/mol. The number of hydrogen-bond acceptors (Lipinski definition) is 4. The number of hydrogen-bond donors (Lipinski definition) is 1. The summed E-state index contributed by atoms with van der Waals surface area (Å²) in [4.78, 5) is 26.7. The van der Waals surface area contributed by atoms with Gasteiger partial charge in [-0.15, -0.1) is 0 Å². The maximum atomic E-state index is 12.7. The van der Waals surface area contributed by atoms with Gasteiger partial charge < -0.3 is 19.7 Å². The molecular weight excluding hydrogens is 368 g/mol. The van der Waals surface area contributed by atoms with Crippen molar-refractivity contribution >= 4 is 29.1 Å². The van der Waals surface area contributed by atoms with E-state index in [-0.39, 0.29) is 18.2 Å². The fraction of sp³-hybridized carbons (Fsp3) is 0.300. The minimum Gasteiger partial charge on any atom is -0.497 e. The number of nitrogens with zero attached hydrogens (tertiary/aromatic N) is 1.